The SMILES string of the molecule is COC[C@H]1CN(CC2CC2)C2(C1)CN(C(=O)c1cnc(C)[nH]1)C2. The summed E-state index contributed by atoms with van der Waals surface area (Å²) in [5.74, 6) is 2.36. The number of amides is 1. The minimum Gasteiger partial charge on any atom is -0.384 e. The lowest BCUT2D eigenvalue weighted by Gasteiger charge is -2.53. The molecule has 1 spiro atoms. The van der Waals surface area contributed by atoms with Gasteiger partial charge in [-0.2, -0.15) is 0 Å². The van der Waals surface area contributed by atoms with Crippen molar-refractivity contribution in [1.29, 1.82) is 0 Å². The number of carbonyl (C=O) groups excluding carboxylic acids is 1. The van der Waals surface area contributed by atoms with Crippen LogP contribution in [0.3, 0.4) is 0 Å². The van der Waals surface area contributed by atoms with E-state index in [2.05, 4.69) is 14.9 Å². The van der Waals surface area contributed by atoms with Crippen LogP contribution in [0, 0.1) is 18.8 Å². The van der Waals surface area contributed by atoms with Crippen molar-refractivity contribution in [1.82, 2.24) is 19.8 Å². The van der Waals surface area contributed by atoms with Gasteiger partial charge in [0, 0.05) is 33.3 Å². The Kier molecular flexibility index (Phi) is 3.69. The Labute approximate surface area is 137 Å². The monoisotopic (exact) mass is 318 g/mol. The van der Waals surface area contributed by atoms with Crippen molar-refractivity contribution in [2.24, 2.45) is 11.8 Å². The van der Waals surface area contributed by atoms with E-state index in [1.54, 1.807) is 13.3 Å². The second kappa shape index (κ2) is 5.60. The fraction of sp³-hybridized carbons (Fsp3) is 0.765. The zero-order valence-electron chi connectivity index (χ0n) is 14.0. The minimum absolute atomic E-state index is 0.0813. The predicted molar refractivity (Wildman–Crippen MR) is 86.2 cm³/mol. The Morgan fingerprint density at radius 2 is 2.22 bits per heavy atom. The van der Waals surface area contributed by atoms with Crippen LogP contribution in [0.15, 0.2) is 6.20 Å². The molecule has 1 saturated carbocycles. The lowest BCUT2D eigenvalue weighted by Crippen LogP contribution is -2.69. The summed E-state index contributed by atoms with van der Waals surface area (Å²) in [5, 5.41) is 0. The molecule has 126 valence electrons. The number of aromatic nitrogens is 2. The molecular weight excluding hydrogens is 292 g/mol. The second-order valence-corrected chi connectivity index (χ2v) is 7.64. The first-order valence-electron chi connectivity index (χ1n) is 8.64. The molecule has 1 N–H and O–H groups in total. The number of ether oxygens (including phenoxy) is 1. The van der Waals surface area contributed by atoms with Gasteiger partial charge in [-0.25, -0.2) is 4.98 Å². The van der Waals surface area contributed by atoms with Crippen LogP contribution in [0.4, 0.5) is 0 Å². The molecule has 3 aliphatic rings. The van der Waals surface area contributed by atoms with E-state index in [1.165, 1.54) is 19.4 Å². The van der Waals surface area contributed by atoms with E-state index in [0.29, 0.717) is 11.6 Å². The maximum Gasteiger partial charge on any atom is 0.272 e. The summed E-state index contributed by atoms with van der Waals surface area (Å²) < 4.78 is 5.38. The zero-order valence-corrected chi connectivity index (χ0v) is 14.0. The van der Waals surface area contributed by atoms with Crippen molar-refractivity contribution in [2.45, 2.75) is 31.7 Å². The third kappa shape index (κ3) is 2.78. The van der Waals surface area contributed by atoms with Crippen LogP contribution in [0.25, 0.3) is 0 Å². The molecule has 3 heterocycles. The molecule has 1 aromatic heterocycles. The van der Waals surface area contributed by atoms with Crippen LogP contribution in [-0.2, 0) is 4.74 Å². The van der Waals surface area contributed by atoms with Gasteiger partial charge in [-0.05, 0) is 38.0 Å². The van der Waals surface area contributed by atoms with Gasteiger partial charge < -0.3 is 14.6 Å². The van der Waals surface area contributed by atoms with Crippen LogP contribution in [0.2, 0.25) is 0 Å². The number of rotatable bonds is 5. The smallest absolute Gasteiger partial charge is 0.272 e. The van der Waals surface area contributed by atoms with Crippen molar-refractivity contribution in [2.75, 3.05) is 39.9 Å². The fourth-order valence-corrected chi connectivity index (χ4v) is 4.30. The lowest BCUT2D eigenvalue weighted by atomic mass is 9.84. The van der Waals surface area contributed by atoms with Crippen molar-refractivity contribution >= 4 is 5.91 Å². The number of aromatic amines is 1. The highest BCUT2D eigenvalue weighted by atomic mass is 16.5. The van der Waals surface area contributed by atoms with Gasteiger partial charge in [-0.3, -0.25) is 9.69 Å². The summed E-state index contributed by atoms with van der Waals surface area (Å²) in [7, 11) is 1.79. The summed E-state index contributed by atoms with van der Waals surface area (Å²) in [4.78, 5) is 24.3. The number of aryl methyl sites for hydroxylation is 1. The molecule has 4 rings (SSSR count). The lowest BCUT2D eigenvalue weighted by molar-refractivity contribution is -0.0203. The Hall–Kier alpha value is -1.40. The number of hydrogen-bond acceptors (Lipinski definition) is 4. The van der Waals surface area contributed by atoms with E-state index in [9.17, 15) is 4.79 Å². The van der Waals surface area contributed by atoms with Gasteiger partial charge >= 0.3 is 0 Å². The standard InChI is InChI=1S/C17H26N4O2/c1-12-18-6-15(19-12)16(22)20-10-17(11-20)5-14(9-23-2)8-21(17)7-13-3-4-13/h6,13-14H,3-5,7-11H2,1-2H3,(H,18,19)/t14-/m1/s1. The average molecular weight is 318 g/mol. The quantitative estimate of drug-likeness (QED) is 0.889. The molecule has 2 saturated heterocycles. The Bertz CT molecular complexity index is 589. The van der Waals surface area contributed by atoms with E-state index in [-0.39, 0.29) is 11.4 Å². The first kappa shape index (κ1) is 15.1. The largest absolute Gasteiger partial charge is 0.384 e. The summed E-state index contributed by atoms with van der Waals surface area (Å²) in [6.07, 6.45) is 5.54. The van der Waals surface area contributed by atoms with Gasteiger partial charge in [0.25, 0.3) is 5.91 Å². The van der Waals surface area contributed by atoms with Crippen molar-refractivity contribution in [3.63, 3.8) is 0 Å². The molecule has 1 aromatic rings. The average Bonchev–Trinajstić information content (AvgIpc) is 3.07. The predicted octanol–water partition coefficient (Wildman–Crippen LogP) is 1.29. The van der Waals surface area contributed by atoms with Crippen molar-refractivity contribution in [3.05, 3.63) is 17.7 Å². The van der Waals surface area contributed by atoms with Crippen LogP contribution in [-0.4, -0.2) is 71.1 Å². The Morgan fingerprint density at radius 1 is 1.43 bits per heavy atom. The highest BCUT2D eigenvalue weighted by Crippen LogP contribution is 2.43. The van der Waals surface area contributed by atoms with E-state index < -0.39 is 0 Å². The summed E-state index contributed by atoms with van der Waals surface area (Å²) in [6.45, 7) is 6.71. The molecule has 0 bridgehead atoms. The van der Waals surface area contributed by atoms with Gasteiger partial charge in [-0.15, -0.1) is 0 Å². The molecule has 23 heavy (non-hydrogen) atoms. The summed E-state index contributed by atoms with van der Waals surface area (Å²) >= 11 is 0. The summed E-state index contributed by atoms with van der Waals surface area (Å²) in [5.41, 5.74) is 0.800. The third-order valence-corrected chi connectivity index (χ3v) is 5.59. The number of hydrogen-bond donors (Lipinski definition) is 1. The number of H-pyrrole nitrogens is 1. The van der Waals surface area contributed by atoms with Crippen molar-refractivity contribution in [3.8, 4) is 0 Å². The number of nitrogens with one attached hydrogen (secondary N) is 1. The molecule has 2 aliphatic heterocycles. The molecule has 0 unspecified atom stereocenters. The first-order chi connectivity index (χ1) is 11.1. The molecular formula is C17H26N4O2. The van der Waals surface area contributed by atoms with Gasteiger partial charge in [0.2, 0.25) is 0 Å². The molecule has 6 heteroatoms. The number of nitrogens with zero attached hydrogens (tertiary/aromatic N) is 3. The van der Waals surface area contributed by atoms with E-state index in [0.717, 1.165) is 44.4 Å². The van der Waals surface area contributed by atoms with Gasteiger partial charge in [-0.1, -0.05) is 0 Å². The fourth-order valence-electron chi connectivity index (χ4n) is 4.30. The molecule has 1 amide bonds. The van der Waals surface area contributed by atoms with Crippen LogP contribution >= 0.6 is 0 Å². The zero-order chi connectivity index (χ0) is 16.0. The van der Waals surface area contributed by atoms with E-state index in [4.69, 9.17) is 4.74 Å². The Morgan fingerprint density at radius 3 is 2.83 bits per heavy atom. The topological polar surface area (TPSA) is 61.5 Å². The highest BCUT2D eigenvalue weighted by Gasteiger charge is 2.55. The highest BCUT2D eigenvalue weighted by molar-refractivity contribution is 5.93. The normalized spacial score (nSPS) is 26.7. The van der Waals surface area contributed by atoms with Gasteiger partial charge in [0.05, 0.1) is 18.3 Å². The number of likely N-dealkylation sites (tertiary alicyclic amines) is 2. The third-order valence-electron chi connectivity index (χ3n) is 5.59. The van der Waals surface area contributed by atoms with Crippen LogP contribution in [0.1, 0.15) is 35.6 Å². The van der Waals surface area contributed by atoms with Crippen LogP contribution in [0.5, 0.6) is 0 Å². The molecule has 3 fully saturated rings. The number of imidazole rings is 1. The second-order valence-electron chi connectivity index (χ2n) is 7.64. The minimum atomic E-state index is 0.0813. The molecule has 1 aliphatic carbocycles. The van der Waals surface area contributed by atoms with Crippen LogP contribution < -0.4 is 0 Å². The molecule has 1 atom stereocenters. The van der Waals surface area contributed by atoms with Gasteiger partial charge in [0.1, 0.15) is 11.5 Å². The molecule has 0 aromatic carbocycles. The van der Waals surface area contributed by atoms with Crippen molar-refractivity contribution < 1.29 is 9.53 Å². The maximum absolute atomic E-state index is 12.5. The van der Waals surface area contributed by atoms with Gasteiger partial charge in [0.15, 0.2) is 0 Å². The molecule has 6 nitrogen and oxygen atoms in total. The first-order valence-corrected chi connectivity index (χ1v) is 8.64. The number of carbonyl (C=O) groups is 1. The summed E-state index contributed by atoms with van der Waals surface area (Å²) in [6, 6.07) is 0. The van der Waals surface area contributed by atoms with E-state index in [1.807, 2.05) is 11.8 Å². The molecule has 0 radical (unpaired) electrons. The Balaban J connectivity index is 1.42. The van der Waals surface area contributed by atoms with E-state index >= 15 is 0 Å². The maximum atomic E-state index is 12.5. The number of methoxy groups -OCH3 is 1.